The van der Waals surface area contributed by atoms with E-state index in [1.807, 2.05) is 0 Å². The second-order valence-corrected chi connectivity index (χ2v) is 5.33. The van der Waals surface area contributed by atoms with Crippen molar-refractivity contribution >= 4 is 34.2 Å². The molecule has 2 aromatic rings. The summed E-state index contributed by atoms with van der Waals surface area (Å²) in [5.41, 5.74) is 1.16. The van der Waals surface area contributed by atoms with Crippen LogP contribution in [0.1, 0.15) is 24.5 Å². The van der Waals surface area contributed by atoms with E-state index < -0.39 is 18.0 Å². The molecule has 0 saturated carbocycles. The highest BCUT2D eigenvalue weighted by atomic mass is 35.5. The normalized spacial score (nSPS) is 14.0. The van der Waals surface area contributed by atoms with Crippen LogP contribution in [0.25, 0.3) is 11.0 Å². The van der Waals surface area contributed by atoms with E-state index in [1.165, 1.54) is 4.57 Å². The molecule has 1 aromatic carbocycles. The molecule has 0 radical (unpaired) electrons. The summed E-state index contributed by atoms with van der Waals surface area (Å²) in [7, 11) is 0. The van der Waals surface area contributed by atoms with Gasteiger partial charge in [-0.3, -0.25) is 0 Å². The first-order valence-corrected chi connectivity index (χ1v) is 6.46. The molecule has 7 heteroatoms. The van der Waals surface area contributed by atoms with Crippen LogP contribution in [-0.4, -0.2) is 15.7 Å². The molecule has 0 aliphatic rings. The van der Waals surface area contributed by atoms with Crippen molar-refractivity contribution in [3.63, 3.8) is 0 Å². The first kappa shape index (κ1) is 14.5. The lowest BCUT2D eigenvalue weighted by atomic mass is 10.3. The highest BCUT2D eigenvalue weighted by Gasteiger charge is 2.28. The topological polar surface area (TPSA) is 17.8 Å². The average molecular weight is 311 g/mol. The first-order chi connectivity index (χ1) is 8.78. The summed E-state index contributed by atoms with van der Waals surface area (Å²) in [6.07, 6.45) is -5.15. The van der Waals surface area contributed by atoms with E-state index in [9.17, 15) is 13.2 Å². The number of nitrogens with zero attached hydrogens (tertiary/aromatic N) is 2. The zero-order chi connectivity index (χ0) is 14.2. The van der Waals surface area contributed by atoms with Crippen LogP contribution in [0.3, 0.4) is 0 Å². The highest BCUT2D eigenvalue weighted by molar-refractivity contribution is 6.31. The molecule has 1 aromatic heterocycles. The highest BCUT2D eigenvalue weighted by Crippen LogP contribution is 2.29. The lowest BCUT2D eigenvalue weighted by molar-refractivity contribution is -0.136. The molecule has 0 saturated heterocycles. The fourth-order valence-corrected chi connectivity index (χ4v) is 2.22. The summed E-state index contributed by atoms with van der Waals surface area (Å²) in [6, 6.07) is 4.92. The molecular weight excluding hydrogens is 300 g/mol. The van der Waals surface area contributed by atoms with E-state index in [1.54, 1.807) is 25.1 Å². The molecular formula is C12H11Cl2F3N2. The van der Waals surface area contributed by atoms with Crippen molar-refractivity contribution in [1.29, 1.82) is 0 Å². The summed E-state index contributed by atoms with van der Waals surface area (Å²) in [6.45, 7) is 1.46. The van der Waals surface area contributed by atoms with Crippen molar-refractivity contribution in [1.82, 2.24) is 9.55 Å². The predicted octanol–water partition coefficient (Wildman–Crippen LogP) is 4.94. The number of rotatable bonds is 3. The van der Waals surface area contributed by atoms with Crippen molar-refractivity contribution < 1.29 is 13.2 Å². The molecule has 0 aliphatic heterocycles. The molecule has 1 unspecified atom stereocenters. The molecule has 1 atom stereocenters. The van der Waals surface area contributed by atoms with E-state index >= 15 is 0 Å². The lowest BCUT2D eigenvalue weighted by Crippen LogP contribution is -2.14. The van der Waals surface area contributed by atoms with Crippen LogP contribution in [0, 0.1) is 0 Å². The summed E-state index contributed by atoms with van der Waals surface area (Å²) in [5.74, 6) is 0.420. The fourth-order valence-electron chi connectivity index (χ4n) is 1.89. The first-order valence-electron chi connectivity index (χ1n) is 5.64. The molecule has 104 valence electrons. The van der Waals surface area contributed by atoms with Crippen LogP contribution in [0.4, 0.5) is 13.2 Å². The third-order valence-electron chi connectivity index (χ3n) is 2.71. The van der Waals surface area contributed by atoms with Crippen LogP contribution < -0.4 is 0 Å². The van der Waals surface area contributed by atoms with Gasteiger partial charge >= 0.3 is 6.18 Å². The average Bonchev–Trinajstić information content (AvgIpc) is 2.63. The minimum atomic E-state index is -4.22. The van der Waals surface area contributed by atoms with Crippen molar-refractivity contribution in [3.8, 4) is 0 Å². The van der Waals surface area contributed by atoms with Gasteiger partial charge in [-0.25, -0.2) is 4.98 Å². The van der Waals surface area contributed by atoms with Gasteiger partial charge in [0.15, 0.2) is 0 Å². The van der Waals surface area contributed by atoms with Crippen molar-refractivity contribution in [2.45, 2.75) is 31.4 Å². The van der Waals surface area contributed by atoms with E-state index in [-0.39, 0.29) is 6.54 Å². The number of hydrogen-bond acceptors (Lipinski definition) is 1. The van der Waals surface area contributed by atoms with Gasteiger partial charge in [0.25, 0.3) is 0 Å². The van der Waals surface area contributed by atoms with E-state index in [2.05, 4.69) is 4.98 Å². The van der Waals surface area contributed by atoms with Gasteiger partial charge in [-0.2, -0.15) is 13.2 Å². The molecule has 1 heterocycles. The number of halogens is 5. The van der Waals surface area contributed by atoms with Gasteiger partial charge in [0, 0.05) is 11.6 Å². The van der Waals surface area contributed by atoms with Gasteiger partial charge in [0.1, 0.15) is 5.82 Å². The van der Waals surface area contributed by atoms with Gasteiger partial charge in [-0.1, -0.05) is 11.6 Å². The molecule has 0 bridgehead atoms. The Balaban J connectivity index is 2.48. The summed E-state index contributed by atoms with van der Waals surface area (Å²) >= 11 is 11.8. The Hall–Kier alpha value is -0.940. The Kier molecular flexibility index (Phi) is 3.97. The fraction of sp³-hybridized carbons (Fsp3) is 0.417. The molecule has 2 nitrogen and oxygen atoms in total. The number of hydrogen-bond donors (Lipinski definition) is 0. The van der Waals surface area contributed by atoms with Crippen LogP contribution >= 0.6 is 23.2 Å². The quantitative estimate of drug-likeness (QED) is 0.734. The molecule has 0 N–H and O–H groups in total. The van der Waals surface area contributed by atoms with Crippen LogP contribution in [0.15, 0.2) is 18.2 Å². The Labute approximate surface area is 118 Å². The molecule has 19 heavy (non-hydrogen) atoms. The van der Waals surface area contributed by atoms with Crippen molar-refractivity contribution in [3.05, 3.63) is 29.0 Å². The lowest BCUT2D eigenvalue weighted by Gasteiger charge is -2.12. The Bertz CT molecular complexity index is 590. The van der Waals surface area contributed by atoms with Gasteiger partial charge in [0.05, 0.1) is 22.8 Å². The largest absolute Gasteiger partial charge is 0.390 e. The van der Waals surface area contributed by atoms with E-state index in [0.29, 0.717) is 21.9 Å². The molecule has 0 aliphatic carbocycles. The molecule has 2 rings (SSSR count). The van der Waals surface area contributed by atoms with Crippen molar-refractivity contribution in [2.75, 3.05) is 0 Å². The molecule has 0 spiro atoms. The summed E-state index contributed by atoms with van der Waals surface area (Å²) in [5, 5.41) is -0.0196. The van der Waals surface area contributed by atoms with E-state index in [4.69, 9.17) is 23.2 Å². The van der Waals surface area contributed by atoms with Gasteiger partial charge in [-0.05, 0) is 25.1 Å². The van der Waals surface area contributed by atoms with Crippen LogP contribution in [0.5, 0.6) is 0 Å². The van der Waals surface area contributed by atoms with Gasteiger partial charge in [0.2, 0.25) is 0 Å². The predicted molar refractivity (Wildman–Crippen MR) is 69.7 cm³/mol. The van der Waals surface area contributed by atoms with Crippen LogP contribution in [-0.2, 0) is 6.54 Å². The Morgan fingerprint density at radius 2 is 2.05 bits per heavy atom. The van der Waals surface area contributed by atoms with E-state index in [0.717, 1.165) is 0 Å². The number of aromatic nitrogens is 2. The number of benzene rings is 1. The third kappa shape index (κ3) is 3.34. The number of alkyl halides is 4. The standard InChI is InChI=1S/C12H11Cl2F3N2/c1-7(13)11-18-9-3-2-8(14)6-10(9)19(11)5-4-12(15,16)17/h2-3,6-7H,4-5H2,1H3. The number of imidazole rings is 1. The van der Waals surface area contributed by atoms with Crippen molar-refractivity contribution in [2.24, 2.45) is 0 Å². The minimum absolute atomic E-state index is 0.216. The maximum atomic E-state index is 12.4. The van der Waals surface area contributed by atoms with Gasteiger partial charge < -0.3 is 4.57 Å². The summed E-state index contributed by atoms with van der Waals surface area (Å²) in [4.78, 5) is 4.26. The third-order valence-corrected chi connectivity index (χ3v) is 3.14. The zero-order valence-corrected chi connectivity index (χ0v) is 11.5. The monoisotopic (exact) mass is 310 g/mol. The molecule has 0 fully saturated rings. The maximum absolute atomic E-state index is 12.4. The summed E-state index contributed by atoms with van der Waals surface area (Å²) < 4.78 is 38.6. The molecule has 0 amide bonds. The smallest absolute Gasteiger partial charge is 0.326 e. The SMILES string of the molecule is CC(Cl)c1nc2ccc(Cl)cc2n1CCC(F)(F)F. The Morgan fingerprint density at radius 1 is 1.37 bits per heavy atom. The maximum Gasteiger partial charge on any atom is 0.390 e. The zero-order valence-electron chi connectivity index (χ0n) is 10.0. The van der Waals surface area contributed by atoms with Gasteiger partial charge in [-0.15, -0.1) is 11.6 Å². The Morgan fingerprint density at radius 3 is 2.63 bits per heavy atom. The number of aryl methyl sites for hydroxylation is 1. The number of fused-ring (bicyclic) bond motifs is 1. The second-order valence-electron chi connectivity index (χ2n) is 4.24. The minimum Gasteiger partial charge on any atom is -0.326 e. The van der Waals surface area contributed by atoms with Crippen LogP contribution in [0.2, 0.25) is 5.02 Å². The second kappa shape index (κ2) is 5.21.